The molecule has 4 aliphatic carbocycles. The number of anilines is 1. The molecule has 1 unspecified atom stereocenters. The molecule has 0 bridgehead atoms. The van der Waals surface area contributed by atoms with Crippen LogP contribution in [0.3, 0.4) is 0 Å². The van der Waals surface area contributed by atoms with Gasteiger partial charge >= 0.3 is 7.57 Å². The Morgan fingerprint density at radius 1 is 1.03 bits per heavy atom. The standard InChI is InChI=1S/C29H42BNO4P/c1-26-17-22(19-5-7-20(8-6-19)31(2)3)25-21(23(26)11-14-29(26,33)36(4)30)9-12-27(32)18-28(13-10-24(25)27)34-15-16-35-28/h5-8,21-23,32-33,36H,9-18H2,1-4H3/q+1/t21-,22+,23-,26-,27+,29+/m0/s1. The average molecular weight is 510 g/mol. The Morgan fingerprint density at radius 2 is 1.72 bits per heavy atom. The van der Waals surface area contributed by atoms with Gasteiger partial charge in [-0.3, -0.25) is 0 Å². The molecule has 1 spiro atoms. The van der Waals surface area contributed by atoms with Crippen LogP contribution in [0.15, 0.2) is 35.4 Å². The Morgan fingerprint density at radius 3 is 2.36 bits per heavy atom. The van der Waals surface area contributed by atoms with Crippen molar-refractivity contribution >= 4 is 21.1 Å². The van der Waals surface area contributed by atoms with Crippen LogP contribution < -0.4 is 4.90 Å². The number of benzene rings is 1. The number of allylic oxidation sites excluding steroid dienone is 1. The molecule has 1 aliphatic heterocycles. The van der Waals surface area contributed by atoms with E-state index < -0.39 is 24.5 Å². The van der Waals surface area contributed by atoms with Crippen LogP contribution in [0.4, 0.5) is 5.69 Å². The minimum absolute atomic E-state index is 0.180. The van der Waals surface area contributed by atoms with Crippen LogP contribution in [0.2, 0.25) is 0 Å². The first kappa shape index (κ1) is 25.4. The molecule has 6 rings (SSSR count). The summed E-state index contributed by atoms with van der Waals surface area (Å²) in [5.41, 5.74) is 4.10. The van der Waals surface area contributed by atoms with Gasteiger partial charge in [-0.15, -0.1) is 0 Å². The first-order chi connectivity index (χ1) is 17.0. The second kappa shape index (κ2) is 8.55. The summed E-state index contributed by atoms with van der Waals surface area (Å²) in [5, 5.41) is 23.4. The number of hydrogen-bond donors (Lipinski definition) is 2. The molecule has 1 saturated heterocycles. The number of rotatable bonds is 3. The molecule has 1 heterocycles. The van der Waals surface area contributed by atoms with Gasteiger partial charge in [-0.05, 0) is 75.0 Å². The summed E-state index contributed by atoms with van der Waals surface area (Å²) in [4.78, 5) is 2.13. The molecule has 7 heteroatoms. The van der Waals surface area contributed by atoms with Crippen molar-refractivity contribution in [3.63, 3.8) is 0 Å². The summed E-state index contributed by atoms with van der Waals surface area (Å²) in [5.74, 6) is 0.349. The zero-order valence-electron chi connectivity index (χ0n) is 22.3. The molecule has 4 fully saturated rings. The molecule has 1 aromatic rings. The monoisotopic (exact) mass is 510 g/mol. The Kier molecular flexibility index (Phi) is 6.03. The highest BCUT2D eigenvalue weighted by Crippen LogP contribution is 2.72. The maximum atomic E-state index is 12.1. The molecule has 2 N–H and O–H groups in total. The summed E-state index contributed by atoms with van der Waals surface area (Å²) >= 11 is 0. The third kappa shape index (κ3) is 3.54. The summed E-state index contributed by atoms with van der Waals surface area (Å²) < 4.78 is 12.1. The maximum Gasteiger partial charge on any atom is 0.365 e. The number of aliphatic hydroxyl groups is 2. The number of fused-ring (bicyclic) bond motifs is 4. The van der Waals surface area contributed by atoms with Gasteiger partial charge in [-0.1, -0.05) is 24.6 Å². The SMILES string of the molecule is [B][PH+](C)[C@]1(O)CC[C@H]2[C@@H]3CC[C@@]4(O)CC5(CCC4=C3[C@@H](c3ccc(N(C)C)cc3)C[C@@]21C)OCCO5. The molecule has 0 aromatic heterocycles. The van der Waals surface area contributed by atoms with Gasteiger partial charge in [-0.25, -0.2) is 0 Å². The predicted octanol–water partition coefficient (Wildman–Crippen LogP) is 4.64. The van der Waals surface area contributed by atoms with Crippen LogP contribution in [0.5, 0.6) is 0 Å². The average Bonchev–Trinajstić information content (AvgIpc) is 3.40. The lowest BCUT2D eigenvalue weighted by molar-refractivity contribution is -0.208. The number of nitrogens with zero attached hydrogens (tertiary/aromatic N) is 1. The zero-order valence-corrected chi connectivity index (χ0v) is 23.3. The highest BCUT2D eigenvalue weighted by molar-refractivity contribution is 7.82. The van der Waals surface area contributed by atoms with E-state index in [1.165, 1.54) is 22.4 Å². The fourth-order valence-electron chi connectivity index (χ4n) is 8.97. The van der Waals surface area contributed by atoms with Crippen molar-refractivity contribution in [3.8, 4) is 0 Å². The predicted molar refractivity (Wildman–Crippen MR) is 147 cm³/mol. The number of ether oxygens (including phenoxy) is 2. The van der Waals surface area contributed by atoms with E-state index in [-0.39, 0.29) is 11.3 Å². The van der Waals surface area contributed by atoms with Gasteiger partial charge in [0, 0.05) is 57.0 Å². The van der Waals surface area contributed by atoms with E-state index in [1.54, 1.807) is 0 Å². The molecule has 1 aromatic carbocycles. The first-order valence-corrected chi connectivity index (χ1v) is 15.9. The fraction of sp³-hybridized carbons (Fsp3) is 0.724. The molecular formula is C29H42BNO4P+. The second-order valence-corrected chi connectivity index (χ2v) is 14.9. The van der Waals surface area contributed by atoms with Crippen LogP contribution >= 0.6 is 7.80 Å². The van der Waals surface area contributed by atoms with Crippen LogP contribution in [0.25, 0.3) is 0 Å². The lowest BCUT2D eigenvalue weighted by Gasteiger charge is -2.57. The smallest absolute Gasteiger partial charge is 0.365 e. The van der Waals surface area contributed by atoms with E-state index in [2.05, 4.69) is 56.8 Å². The molecule has 194 valence electrons. The summed E-state index contributed by atoms with van der Waals surface area (Å²) in [7, 11) is 9.33. The third-order valence-electron chi connectivity index (χ3n) is 10.8. The van der Waals surface area contributed by atoms with E-state index in [0.717, 1.165) is 44.9 Å². The van der Waals surface area contributed by atoms with Crippen molar-refractivity contribution in [1.29, 1.82) is 0 Å². The maximum absolute atomic E-state index is 12.1. The van der Waals surface area contributed by atoms with Gasteiger partial charge in [-0.2, -0.15) is 0 Å². The molecule has 7 atom stereocenters. The van der Waals surface area contributed by atoms with E-state index in [0.29, 0.717) is 31.5 Å². The largest absolute Gasteiger partial charge is 0.385 e. The molecule has 3 saturated carbocycles. The van der Waals surface area contributed by atoms with Gasteiger partial charge < -0.3 is 24.6 Å². The van der Waals surface area contributed by atoms with Crippen molar-refractivity contribution in [2.75, 3.05) is 38.9 Å². The van der Waals surface area contributed by atoms with Crippen LogP contribution in [0, 0.1) is 17.3 Å². The lowest BCUT2D eigenvalue weighted by atomic mass is 9.51. The van der Waals surface area contributed by atoms with Crippen LogP contribution in [-0.2, 0) is 9.47 Å². The van der Waals surface area contributed by atoms with Crippen molar-refractivity contribution in [3.05, 3.63) is 41.0 Å². The van der Waals surface area contributed by atoms with Gasteiger partial charge in [0.1, 0.15) is 0 Å². The molecular weight excluding hydrogens is 468 g/mol. The van der Waals surface area contributed by atoms with E-state index in [4.69, 9.17) is 17.0 Å². The fourth-order valence-corrected chi connectivity index (χ4v) is 10.7. The minimum atomic E-state index is -1.40. The Balaban J connectivity index is 1.48. The quantitative estimate of drug-likeness (QED) is 0.353. The van der Waals surface area contributed by atoms with Gasteiger partial charge in [0.25, 0.3) is 0 Å². The van der Waals surface area contributed by atoms with E-state index in [9.17, 15) is 10.2 Å². The Bertz CT molecular complexity index is 1050. The van der Waals surface area contributed by atoms with Crippen molar-refractivity contribution in [2.45, 2.75) is 80.9 Å². The third-order valence-corrected chi connectivity index (χ3v) is 13.0. The van der Waals surface area contributed by atoms with Gasteiger partial charge in [0.15, 0.2) is 11.1 Å². The summed E-state index contributed by atoms with van der Waals surface area (Å²) in [6, 6.07) is 8.94. The minimum Gasteiger partial charge on any atom is -0.385 e. The highest BCUT2D eigenvalue weighted by Gasteiger charge is 2.67. The number of hydrogen-bond acceptors (Lipinski definition) is 5. The second-order valence-electron chi connectivity index (χ2n) is 12.7. The van der Waals surface area contributed by atoms with Crippen molar-refractivity contribution in [2.24, 2.45) is 17.3 Å². The first-order valence-electron chi connectivity index (χ1n) is 13.8. The van der Waals surface area contributed by atoms with Crippen molar-refractivity contribution < 1.29 is 19.7 Å². The molecule has 0 amide bonds. The molecule has 2 radical (unpaired) electrons. The van der Waals surface area contributed by atoms with Gasteiger partial charge in [0.2, 0.25) is 0 Å². The topological polar surface area (TPSA) is 62.2 Å². The summed E-state index contributed by atoms with van der Waals surface area (Å²) in [6.07, 6.45) is 6.57. The highest BCUT2D eigenvalue weighted by atomic mass is 31.1. The van der Waals surface area contributed by atoms with Crippen LogP contribution in [0.1, 0.15) is 69.8 Å². The molecule has 5 nitrogen and oxygen atoms in total. The molecule has 5 aliphatic rings. The van der Waals surface area contributed by atoms with E-state index >= 15 is 0 Å². The van der Waals surface area contributed by atoms with Crippen molar-refractivity contribution in [1.82, 2.24) is 0 Å². The lowest BCUT2D eigenvalue weighted by Crippen LogP contribution is -2.55. The van der Waals surface area contributed by atoms with Gasteiger partial charge in [0.05, 0.1) is 18.8 Å². The summed E-state index contributed by atoms with van der Waals surface area (Å²) in [6.45, 7) is 5.63. The zero-order chi connectivity index (χ0) is 25.5. The van der Waals surface area contributed by atoms with Crippen LogP contribution in [-0.4, -0.2) is 68.5 Å². The molecule has 36 heavy (non-hydrogen) atoms. The van der Waals surface area contributed by atoms with E-state index in [1.807, 2.05) is 0 Å². The Labute approximate surface area is 218 Å². The Hall–Kier alpha value is -0.905. The normalized spacial score (nSPS) is 42.1.